The van der Waals surface area contributed by atoms with Gasteiger partial charge in [0.1, 0.15) is 17.7 Å². The highest BCUT2D eigenvalue weighted by Gasteiger charge is 2.25. The number of aryl methyl sites for hydroxylation is 2. The van der Waals surface area contributed by atoms with E-state index in [1.165, 1.54) is 6.07 Å². The molecule has 2 heterocycles. The molecule has 1 saturated heterocycles. The molecule has 0 spiro atoms. The summed E-state index contributed by atoms with van der Waals surface area (Å²) in [5.41, 5.74) is 3.46. The zero-order valence-electron chi connectivity index (χ0n) is 15.9. The summed E-state index contributed by atoms with van der Waals surface area (Å²) >= 11 is 0. The molecule has 2 amide bonds. The molecule has 7 heteroatoms. The predicted octanol–water partition coefficient (Wildman–Crippen LogP) is 3.36. The van der Waals surface area contributed by atoms with Crippen molar-refractivity contribution in [2.45, 2.75) is 32.2 Å². The number of aromatic amines is 1. The van der Waals surface area contributed by atoms with Gasteiger partial charge in [0.2, 0.25) is 11.8 Å². The summed E-state index contributed by atoms with van der Waals surface area (Å²) in [6, 6.07) is 9.29. The molecule has 0 bridgehead atoms. The Bertz CT molecular complexity index is 1090. The first kappa shape index (κ1) is 19.1. The van der Waals surface area contributed by atoms with Gasteiger partial charge in [0.25, 0.3) is 0 Å². The molecule has 0 radical (unpaired) electrons. The maximum Gasteiger partial charge on any atom is 0.242 e. The Balaban J connectivity index is 1.65. The number of carbonyl (C=O) groups excluding carboxylic acids is 2. The molecule has 1 atom stereocenters. The average Bonchev–Trinajstić information content (AvgIpc) is 3.24. The first-order valence-corrected chi connectivity index (χ1v) is 9.56. The number of benzene rings is 2. The minimum absolute atomic E-state index is 0.105. The number of rotatable bonds is 5. The maximum absolute atomic E-state index is 14.3. The molecule has 0 unspecified atom stereocenters. The number of carbonyl (C=O) groups is 2. The molecule has 0 saturated carbocycles. The van der Waals surface area contributed by atoms with Crippen LogP contribution < -0.4 is 10.6 Å². The average molecular weight is 397 g/mol. The standard InChI is InChI=1S/C22H21F2N3O2/c1-12-2-4-13(5-3-12)20-15(16-10-14(23)11-17(24)21(16)27-20)6-7-19(28)26-18-8-9-25-22(18)29/h2-5,10-11,18,27H,6-9H2,1H3,(H,25,29)(H,26,28)/t18-/m0/s1. The van der Waals surface area contributed by atoms with E-state index in [0.29, 0.717) is 29.6 Å². The van der Waals surface area contributed by atoms with Gasteiger partial charge in [0, 0.05) is 30.1 Å². The van der Waals surface area contributed by atoms with Crippen LogP contribution >= 0.6 is 0 Å². The zero-order valence-corrected chi connectivity index (χ0v) is 15.9. The third-order valence-corrected chi connectivity index (χ3v) is 5.26. The summed E-state index contributed by atoms with van der Waals surface area (Å²) in [7, 11) is 0. The molecule has 150 valence electrons. The van der Waals surface area contributed by atoms with E-state index in [9.17, 15) is 18.4 Å². The molecule has 3 aromatic rings. The van der Waals surface area contributed by atoms with E-state index in [1.807, 2.05) is 31.2 Å². The lowest BCUT2D eigenvalue weighted by Crippen LogP contribution is -2.40. The summed E-state index contributed by atoms with van der Waals surface area (Å²) < 4.78 is 28.2. The van der Waals surface area contributed by atoms with Crippen LogP contribution in [0.4, 0.5) is 8.78 Å². The van der Waals surface area contributed by atoms with E-state index in [2.05, 4.69) is 15.6 Å². The molecule has 3 N–H and O–H groups in total. The van der Waals surface area contributed by atoms with Crippen LogP contribution in [0.3, 0.4) is 0 Å². The van der Waals surface area contributed by atoms with Gasteiger partial charge in [0.15, 0.2) is 0 Å². The van der Waals surface area contributed by atoms with Crippen molar-refractivity contribution in [1.82, 2.24) is 15.6 Å². The Morgan fingerprint density at radius 1 is 1.21 bits per heavy atom. The van der Waals surface area contributed by atoms with Gasteiger partial charge in [-0.1, -0.05) is 29.8 Å². The van der Waals surface area contributed by atoms with Crippen LogP contribution in [0.25, 0.3) is 22.2 Å². The second-order valence-electron chi connectivity index (χ2n) is 7.35. The van der Waals surface area contributed by atoms with Crippen LogP contribution in [0, 0.1) is 18.6 Å². The van der Waals surface area contributed by atoms with Crippen molar-refractivity contribution in [1.29, 1.82) is 0 Å². The van der Waals surface area contributed by atoms with E-state index in [4.69, 9.17) is 0 Å². The number of hydrogen-bond acceptors (Lipinski definition) is 2. The van der Waals surface area contributed by atoms with Crippen molar-refractivity contribution in [3.8, 4) is 11.3 Å². The van der Waals surface area contributed by atoms with Crippen LogP contribution in [0.2, 0.25) is 0 Å². The van der Waals surface area contributed by atoms with Crippen molar-refractivity contribution >= 4 is 22.7 Å². The largest absolute Gasteiger partial charge is 0.354 e. The lowest BCUT2D eigenvalue weighted by Gasteiger charge is -2.10. The Kier molecular flexibility index (Phi) is 5.05. The summed E-state index contributed by atoms with van der Waals surface area (Å²) in [5.74, 6) is -1.80. The van der Waals surface area contributed by atoms with Gasteiger partial charge in [-0.15, -0.1) is 0 Å². The second kappa shape index (κ2) is 7.66. The van der Waals surface area contributed by atoms with E-state index < -0.39 is 17.7 Å². The molecule has 1 aliphatic rings. The molecular formula is C22H21F2N3O2. The molecule has 1 aromatic heterocycles. The molecule has 2 aromatic carbocycles. The zero-order chi connectivity index (χ0) is 20.5. The Morgan fingerprint density at radius 2 is 1.97 bits per heavy atom. The number of aromatic nitrogens is 1. The Hall–Kier alpha value is -3.22. The molecular weight excluding hydrogens is 376 g/mol. The summed E-state index contributed by atoms with van der Waals surface area (Å²) in [5, 5.41) is 5.81. The molecule has 1 aliphatic heterocycles. The fraction of sp³-hybridized carbons (Fsp3) is 0.273. The molecule has 0 aliphatic carbocycles. The number of H-pyrrole nitrogens is 1. The van der Waals surface area contributed by atoms with E-state index in [1.54, 1.807) is 0 Å². The highest BCUT2D eigenvalue weighted by Crippen LogP contribution is 2.33. The lowest BCUT2D eigenvalue weighted by atomic mass is 10.00. The van der Waals surface area contributed by atoms with E-state index in [-0.39, 0.29) is 30.2 Å². The van der Waals surface area contributed by atoms with Gasteiger partial charge >= 0.3 is 0 Å². The van der Waals surface area contributed by atoms with Crippen LogP contribution in [-0.4, -0.2) is 29.4 Å². The van der Waals surface area contributed by atoms with Crippen molar-refractivity contribution < 1.29 is 18.4 Å². The SMILES string of the molecule is Cc1ccc(-c2[nH]c3c(F)cc(F)cc3c2CCC(=O)N[C@H]2CCNC2=O)cc1. The first-order valence-electron chi connectivity index (χ1n) is 9.56. The van der Waals surface area contributed by atoms with E-state index in [0.717, 1.165) is 17.2 Å². The van der Waals surface area contributed by atoms with Crippen molar-refractivity contribution in [2.75, 3.05) is 6.54 Å². The predicted molar refractivity (Wildman–Crippen MR) is 106 cm³/mol. The fourth-order valence-corrected chi connectivity index (χ4v) is 3.74. The van der Waals surface area contributed by atoms with Gasteiger partial charge in [0.05, 0.1) is 5.52 Å². The molecule has 29 heavy (non-hydrogen) atoms. The smallest absolute Gasteiger partial charge is 0.242 e. The Labute approximate surface area is 166 Å². The van der Waals surface area contributed by atoms with Crippen molar-refractivity contribution in [2.24, 2.45) is 0 Å². The number of nitrogens with one attached hydrogen (secondary N) is 3. The van der Waals surface area contributed by atoms with Crippen molar-refractivity contribution in [3.63, 3.8) is 0 Å². The molecule has 5 nitrogen and oxygen atoms in total. The summed E-state index contributed by atoms with van der Waals surface area (Å²) in [4.78, 5) is 27.1. The summed E-state index contributed by atoms with van der Waals surface area (Å²) in [6.07, 6.45) is 0.947. The highest BCUT2D eigenvalue weighted by molar-refractivity contribution is 5.92. The van der Waals surface area contributed by atoms with Gasteiger partial charge in [-0.2, -0.15) is 0 Å². The minimum Gasteiger partial charge on any atom is -0.354 e. The maximum atomic E-state index is 14.3. The van der Waals surface area contributed by atoms with Crippen LogP contribution in [0.1, 0.15) is 24.0 Å². The third-order valence-electron chi connectivity index (χ3n) is 5.26. The topological polar surface area (TPSA) is 74.0 Å². The minimum atomic E-state index is -0.674. The Morgan fingerprint density at radius 3 is 2.66 bits per heavy atom. The number of fused-ring (bicyclic) bond motifs is 1. The monoisotopic (exact) mass is 397 g/mol. The van der Waals surface area contributed by atoms with E-state index >= 15 is 0 Å². The van der Waals surface area contributed by atoms with Gasteiger partial charge in [-0.05, 0) is 37.0 Å². The lowest BCUT2D eigenvalue weighted by molar-refractivity contribution is -0.127. The number of halogens is 2. The second-order valence-corrected chi connectivity index (χ2v) is 7.35. The van der Waals surface area contributed by atoms with Crippen molar-refractivity contribution in [3.05, 3.63) is 59.2 Å². The molecule has 1 fully saturated rings. The van der Waals surface area contributed by atoms with Gasteiger partial charge in [-0.3, -0.25) is 9.59 Å². The van der Waals surface area contributed by atoms with Crippen LogP contribution in [0.5, 0.6) is 0 Å². The normalized spacial score (nSPS) is 16.2. The van der Waals surface area contributed by atoms with Crippen LogP contribution in [-0.2, 0) is 16.0 Å². The molecule has 4 rings (SSSR count). The quantitative estimate of drug-likeness (QED) is 0.618. The van der Waals surface area contributed by atoms with Crippen LogP contribution in [0.15, 0.2) is 36.4 Å². The van der Waals surface area contributed by atoms with Gasteiger partial charge < -0.3 is 15.6 Å². The highest BCUT2D eigenvalue weighted by atomic mass is 19.1. The fourth-order valence-electron chi connectivity index (χ4n) is 3.74. The van der Waals surface area contributed by atoms with Gasteiger partial charge in [-0.25, -0.2) is 8.78 Å². The number of amides is 2. The first-order chi connectivity index (χ1) is 13.9. The summed E-state index contributed by atoms with van der Waals surface area (Å²) in [6.45, 7) is 2.51. The third kappa shape index (κ3) is 3.85. The number of hydrogen-bond donors (Lipinski definition) is 3.